The normalized spacial score (nSPS) is 14.8. The predicted octanol–water partition coefficient (Wildman–Crippen LogP) is 6.23. The molecular weight excluding hydrogens is 588 g/mol. The number of thiazole rings is 1. The summed E-state index contributed by atoms with van der Waals surface area (Å²) in [4.78, 5) is 33.8. The molecule has 0 saturated heterocycles. The van der Waals surface area contributed by atoms with E-state index < -0.39 is 12.0 Å². The van der Waals surface area contributed by atoms with Gasteiger partial charge in [-0.05, 0) is 48.2 Å². The Morgan fingerprint density at radius 1 is 1.02 bits per heavy atom. The molecule has 0 unspecified atom stereocenters. The molecule has 0 spiro atoms. The third kappa shape index (κ3) is 5.61. The molecule has 42 heavy (non-hydrogen) atoms. The summed E-state index contributed by atoms with van der Waals surface area (Å²) >= 11 is 8.90. The van der Waals surface area contributed by atoms with Crippen molar-refractivity contribution in [2.45, 2.75) is 19.6 Å². The van der Waals surface area contributed by atoms with Crippen LogP contribution in [0.3, 0.4) is 0 Å². The van der Waals surface area contributed by atoms with Crippen LogP contribution in [0.25, 0.3) is 11.8 Å². The summed E-state index contributed by atoms with van der Waals surface area (Å²) < 4.78 is 13.7. The van der Waals surface area contributed by atoms with Gasteiger partial charge < -0.3 is 9.47 Å². The highest BCUT2D eigenvalue weighted by atomic mass is 35.5. The molecule has 0 fully saturated rings. The van der Waals surface area contributed by atoms with Crippen molar-refractivity contribution >= 4 is 52.0 Å². The van der Waals surface area contributed by atoms with Crippen LogP contribution in [-0.2, 0) is 16.1 Å². The van der Waals surface area contributed by atoms with Gasteiger partial charge in [-0.25, -0.2) is 9.79 Å². The van der Waals surface area contributed by atoms with Crippen molar-refractivity contribution in [2.24, 2.45) is 4.99 Å². The van der Waals surface area contributed by atoms with E-state index in [-0.39, 0.29) is 12.2 Å². The van der Waals surface area contributed by atoms with E-state index in [0.29, 0.717) is 38.0 Å². The van der Waals surface area contributed by atoms with E-state index in [1.807, 2.05) is 102 Å². The molecule has 6 nitrogen and oxygen atoms in total. The number of ether oxygens (including phenoxy) is 2. The molecule has 1 aliphatic rings. The molecule has 0 aliphatic carbocycles. The average Bonchev–Trinajstić information content (AvgIpc) is 3.65. The summed E-state index contributed by atoms with van der Waals surface area (Å²) in [5.41, 5.74) is 3.08. The largest absolute Gasteiger partial charge is 0.488 e. The summed E-state index contributed by atoms with van der Waals surface area (Å²) in [6.45, 7) is 2.30. The quantitative estimate of drug-likeness (QED) is 0.195. The number of carbonyl (C=O) groups is 1. The maximum atomic E-state index is 14.1. The third-order valence-electron chi connectivity index (χ3n) is 6.68. The van der Waals surface area contributed by atoms with Gasteiger partial charge in [0.1, 0.15) is 18.4 Å². The summed E-state index contributed by atoms with van der Waals surface area (Å²) in [7, 11) is 0. The van der Waals surface area contributed by atoms with Crippen LogP contribution in [0, 0.1) is 0 Å². The number of aromatic nitrogens is 1. The fraction of sp³-hybridized carbons (Fsp3) is 0.121. The van der Waals surface area contributed by atoms with Gasteiger partial charge in [0.25, 0.3) is 5.56 Å². The molecule has 3 heterocycles. The van der Waals surface area contributed by atoms with Gasteiger partial charge in [-0.15, -0.1) is 11.3 Å². The third-order valence-corrected chi connectivity index (χ3v) is 8.82. The lowest BCUT2D eigenvalue weighted by Crippen LogP contribution is -2.39. The molecule has 1 atom stereocenters. The second-order valence-electron chi connectivity index (χ2n) is 9.40. The fourth-order valence-corrected chi connectivity index (χ4v) is 6.84. The topological polar surface area (TPSA) is 69.9 Å². The highest BCUT2D eigenvalue weighted by Crippen LogP contribution is 2.36. The van der Waals surface area contributed by atoms with Gasteiger partial charge in [0.15, 0.2) is 4.80 Å². The summed E-state index contributed by atoms with van der Waals surface area (Å²) in [6.07, 6.45) is 1.82. The fourth-order valence-electron chi connectivity index (χ4n) is 4.82. The van der Waals surface area contributed by atoms with Crippen molar-refractivity contribution in [3.05, 3.63) is 148 Å². The van der Waals surface area contributed by atoms with Crippen LogP contribution in [0.1, 0.15) is 34.5 Å². The number of hydrogen-bond acceptors (Lipinski definition) is 7. The minimum Gasteiger partial charge on any atom is -0.488 e. The number of carbonyl (C=O) groups excluding carboxylic acids is 1. The Balaban J connectivity index is 1.50. The molecule has 210 valence electrons. The van der Waals surface area contributed by atoms with Gasteiger partial charge in [-0.2, -0.15) is 0 Å². The summed E-state index contributed by atoms with van der Waals surface area (Å²) in [5.74, 6) is 0.142. The standard InChI is InChI=1S/C33H25ClN2O4S2/c1-2-39-32(38)28-29(22-11-4-3-5-12-22)35-33-36(30(28)26-16-9-17-41-26)31(37)27(42-33)19-23-13-6-7-15-25(23)40-20-21-10-8-14-24(34)18-21/h3-19,30H,2,20H2,1H3/b27-19-/t30-/m0/s1. The molecule has 0 radical (unpaired) electrons. The Morgan fingerprint density at radius 2 is 1.83 bits per heavy atom. The lowest BCUT2D eigenvalue weighted by atomic mass is 9.97. The number of halogens is 1. The van der Waals surface area contributed by atoms with Gasteiger partial charge >= 0.3 is 5.97 Å². The Labute approximate surface area is 255 Å². The molecule has 0 amide bonds. The number of rotatable bonds is 8. The van der Waals surface area contributed by atoms with E-state index in [1.54, 1.807) is 11.5 Å². The maximum Gasteiger partial charge on any atom is 0.338 e. The predicted molar refractivity (Wildman–Crippen MR) is 168 cm³/mol. The number of esters is 1. The van der Waals surface area contributed by atoms with Gasteiger partial charge in [0.05, 0.1) is 22.4 Å². The number of hydrogen-bond donors (Lipinski definition) is 0. The second-order valence-corrected chi connectivity index (χ2v) is 11.8. The molecule has 5 aromatic rings. The Bertz CT molecular complexity index is 1960. The second kappa shape index (κ2) is 12.3. The zero-order valence-electron chi connectivity index (χ0n) is 22.5. The first-order chi connectivity index (χ1) is 20.5. The van der Waals surface area contributed by atoms with Crippen LogP contribution in [0.15, 0.2) is 112 Å². The van der Waals surface area contributed by atoms with Crippen molar-refractivity contribution < 1.29 is 14.3 Å². The molecule has 3 aromatic carbocycles. The maximum absolute atomic E-state index is 14.1. The van der Waals surface area contributed by atoms with Crippen LogP contribution in [0.5, 0.6) is 5.75 Å². The minimum absolute atomic E-state index is 0.206. The Kier molecular flexibility index (Phi) is 8.19. The lowest BCUT2D eigenvalue weighted by molar-refractivity contribution is -0.138. The van der Waals surface area contributed by atoms with Gasteiger partial charge in [-0.3, -0.25) is 9.36 Å². The van der Waals surface area contributed by atoms with Crippen molar-refractivity contribution in [1.82, 2.24) is 4.57 Å². The minimum atomic E-state index is -0.674. The highest BCUT2D eigenvalue weighted by molar-refractivity contribution is 7.10. The van der Waals surface area contributed by atoms with Gasteiger partial charge in [0, 0.05) is 21.0 Å². The number of benzene rings is 3. The summed E-state index contributed by atoms with van der Waals surface area (Å²) in [6, 6.07) is 27.8. The van der Waals surface area contributed by atoms with Gasteiger partial charge in [0.2, 0.25) is 0 Å². The van der Waals surface area contributed by atoms with E-state index in [0.717, 1.165) is 21.6 Å². The van der Waals surface area contributed by atoms with Crippen LogP contribution in [0.2, 0.25) is 5.02 Å². The number of para-hydroxylation sites is 1. The van der Waals surface area contributed by atoms with Crippen molar-refractivity contribution in [3.63, 3.8) is 0 Å². The lowest BCUT2D eigenvalue weighted by Gasteiger charge is -2.24. The SMILES string of the molecule is CCOC(=O)C1=C(c2ccccc2)N=c2s/c(=C\c3ccccc3OCc3cccc(Cl)c3)c(=O)n2[C@H]1c1cccs1. The first-order valence-electron chi connectivity index (χ1n) is 13.3. The first-order valence-corrected chi connectivity index (χ1v) is 15.4. The molecule has 1 aliphatic heterocycles. The van der Waals surface area contributed by atoms with E-state index in [2.05, 4.69) is 0 Å². The van der Waals surface area contributed by atoms with Crippen LogP contribution in [-0.4, -0.2) is 17.1 Å². The zero-order valence-corrected chi connectivity index (χ0v) is 24.9. The van der Waals surface area contributed by atoms with E-state index in [1.165, 1.54) is 22.7 Å². The summed E-state index contributed by atoms with van der Waals surface area (Å²) in [5, 5.41) is 2.58. The number of fused-ring (bicyclic) bond motifs is 1. The van der Waals surface area contributed by atoms with E-state index >= 15 is 0 Å². The van der Waals surface area contributed by atoms with Crippen molar-refractivity contribution in [1.29, 1.82) is 0 Å². The van der Waals surface area contributed by atoms with E-state index in [4.69, 9.17) is 26.1 Å². The van der Waals surface area contributed by atoms with Crippen LogP contribution >= 0.6 is 34.3 Å². The van der Waals surface area contributed by atoms with Crippen molar-refractivity contribution in [3.8, 4) is 5.75 Å². The van der Waals surface area contributed by atoms with Gasteiger partial charge in [-0.1, -0.05) is 89.7 Å². The molecule has 0 bridgehead atoms. The van der Waals surface area contributed by atoms with Crippen LogP contribution < -0.4 is 19.6 Å². The monoisotopic (exact) mass is 612 g/mol. The molecule has 9 heteroatoms. The zero-order chi connectivity index (χ0) is 29.1. The molecule has 0 saturated carbocycles. The van der Waals surface area contributed by atoms with Crippen LogP contribution in [0.4, 0.5) is 0 Å². The molecule has 6 rings (SSSR count). The van der Waals surface area contributed by atoms with E-state index in [9.17, 15) is 9.59 Å². The number of thiophene rings is 1. The Hall–Kier alpha value is -4.24. The number of nitrogens with zero attached hydrogens (tertiary/aromatic N) is 2. The Morgan fingerprint density at radius 3 is 2.60 bits per heavy atom. The van der Waals surface area contributed by atoms with Crippen molar-refractivity contribution in [2.75, 3.05) is 6.61 Å². The first kappa shape index (κ1) is 27.9. The molecular formula is C33H25ClN2O4S2. The molecule has 2 aromatic heterocycles. The smallest absolute Gasteiger partial charge is 0.338 e. The highest BCUT2D eigenvalue weighted by Gasteiger charge is 2.35. The average molecular weight is 613 g/mol. The molecule has 0 N–H and O–H groups in total.